The van der Waals surface area contributed by atoms with Crippen LogP contribution in [0.5, 0.6) is 0 Å². The van der Waals surface area contributed by atoms with Gasteiger partial charge in [-0.25, -0.2) is 0 Å². The first kappa shape index (κ1) is 17.5. The van der Waals surface area contributed by atoms with E-state index in [9.17, 15) is 26.3 Å². The van der Waals surface area contributed by atoms with Gasteiger partial charge in [0.1, 0.15) is 0 Å². The number of benzene rings is 1. The number of nitrogens with one attached hydrogen (secondary N) is 1. The summed E-state index contributed by atoms with van der Waals surface area (Å²) < 4.78 is 79.2. The Bertz CT molecular complexity index is 585. The van der Waals surface area contributed by atoms with Gasteiger partial charge in [0.05, 0.1) is 11.1 Å². The molecular formula is C16H18F6N2. The number of nitrogens with zero attached hydrogens (tertiary/aromatic N) is 1. The van der Waals surface area contributed by atoms with Gasteiger partial charge < -0.3 is 5.32 Å². The summed E-state index contributed by atoms with van der Waals surface area (Å²) in [5.74, 6) is -0.00677. The van der Waals surface area contributed by atoms with Crippen molar-refractivity contribution in [1.29, 1.82) is 0 Å². The van der Waals surface area contributed by atoms with E-state index in [1.165, 1.54) is 0 Å². The summed E-state index contributed by atoms with van der Waals surface area (Å²) in [5, 5.41) is 3.12. The molecule has 2 fully saturated rings. The average Bonchev–Trinajstić information content (AvgIpc) is 3.31. The average molecular weight is 352 g/mol. The van der Waals surface area contributed by atoms with E-state index in [1.807, 2.05) is 4.90 Å². The van der Waals surface area contributed by atoms with Crippen molar-refractivity contribution in [2.24, 2.45) is 5.92 Å². The predicted octanol–water partition coefficient (Wildman–Crippen LogP) is 4.08. The minimum absolute atomic E-state index is 0.00677. The maximum Gasteiger partial charge on any atom is 0.416 e. The Balaban J connectivity index is 2.07. The highest BCUT2D eigenvalue weighted by Crippen LogP contribution is 2.49. The van der Waals surface area contributed by atoms with E-state index in [4.69, 9.17) is 0 Å². The predicted molar refractivity (Wildman–Crippen MR) is 76.4 cm³/mol. The molecule has 0 aromatic heterocycles. The van der Waals surface area contributed by atoms with Crippen molar-refractivity contribution >= 4 is 0 Å². The van der Waals surface area contributed by atoms with Gasteiger partial charge >= 0.3 is 12.4 Å². The quantitative estimate of drug-likeness (QED) is 0.825. The molecule has 1 heterocycles. The van der Waals surface area contributed by atoms with Gasteiger partial charge in [0.25, 0.3) is 0 Å². The lowest BCUT2D eigenvalue weighted by atomic mass is 9.92. The molecule has 8 heteroatoms. The zero-order valence-electron chi connectivity index (χ0n) is 12.8. The maximum absolute atomic E-state index is 13.4. The molecule has 1 aliphatic carbocycles. The highest BCUT2D eigenvalue weighted by molar-refractivity contribution is 5.38. The van der Waals surface area contributed by atoms with Crippen LogP contribution in [0.2, 0.25) is 0 Å². The van der Waals surface area contributed by atoms with E-state index < -0.39 is 29.5 Å². The Morgan fingerprint density at radius 1 is 0.958 bits per heavy atom. The lowest BCUT2D eigenvalue weighted by Gasteiger charge is -2.36. The fourth-order valence-corrected chi connectivity index (χ4v) is 3.36. The second-order valence-corrected chi connectivity index (χ2v) is 6.37. The Kier molecular flexibility index (Phi) is 4.55. The molecule has 1 aliphatic heterocycles. The second kappa shape index (κ2) is 6.22. The van der Waals surface area contributed by atoms with Gasteiger partial charge in [-0.05, 0) is 42.5 Å². The van der Waals surface area contributed by atoms with Crippen LogP contribution in [0.25, 0.3) is 0 Å². The van der Waals surface area contributed by atoms with E-state index in [1.54, 1.807) is 0 Å². The molecule has 1 atom stereocenters. The SMILES string of the molecule is FC(F)(F)c1ccc(C(F)(F)F)c([C@H](C2CC2)N2CCNCC2)c1. The van der Waals surface area contributed by atoms with E-state index in [0.717, 1.165) is 12.8 Å². The first-order valence-electron chi connectivity index (χ1n) is 7.91. The highest BCUT2D eigenvalue weighted by Gasteiger charge is 2.44. The molecule has 0 amide bonds. The summed E-state index contributed by atoms with van der Waals surface area (Å²) in [6.07, 6.45) is -7.82. The summed E-state index contributed by atoms with van der Waals surface area (Å²) in [7, 11) is 0. The molecule has 2 aliphatic rings. The molecule has 3 rings (SSSR count). The van der Waals surface area contributed by atoms with Gasteiger partial charge in [-0.2, -0.15) is 26.3 Å². The van der Waals surface area contributed by atoms with Crippen molar-refractivity contribution in [3.63, 3.8) is 0 Å². The third kappa shape index (κ3) is 3.69. The van der Waals surface area contributed by atoms with E-state index in [0.29, 0.717) is 44.4 Å². The van der Waals surface area contributed by atoms with Crippen molar-refractivity contribution in [3.05, 3.63) is 34.9 Å². The normalized spacial score (nSPS) is 21.8. The molecule has 2 nitrogen and oxygen atoms in total. The maximum atomic E-state index is 13.4. The molecule has 0 bridgehead atoms. The number of alkyl halides is 6. The Hall–Kier alpha value is -1.28. The molecule has 0 spiro atoms. The zero-order valence-corrected chi connectivity index (χ0v) is 12.8. The van der Waals surface area contributed by atoms with Crippen LogP contribution in [0.3, 0.4) is 0 Å². The van der Waals surface area contributed by atoms with Gasteiger partial charge in [0, 0.05) is 32.2 Å². The Morgan fingerprint density at radius 2 is 1.58 bits per heavy atom. The molecule has 0 unspecified atom stereocenters. The summed E-state index contributed by atoms with van der Waals surface area (Å²) in [6, 6.07) is 1.20. The van der Waals surface area contributed by atoms with Crippen LogP contribution < -0.4 is 5.32 Å². The van der Waals surface area contributed by atoms with Gasteiger partial charge in [0.15, 0.2) is 0 Å². The number of halogens is 6. The van der Waals surface area contributed by atoms with E-state index >= 15 is 0 Å². The number of hydrogen-bond donors (Lipinski definition) is 1. The van der Waals surface area contributed by atoms with Crippen molar-refractivity contribution in [2.75, 3.05) is 26.2 Å². The van der Waals surface area contributed by atoms with Crippen LogP contribution in [-0.4, -0.2) is 31.1 Å². The topological polar surface area (TPSA) is 15.3 Å². The fraction of sp³-hybridized carbons (Fsp3) is 0.625. The largest absolute Gasteiger partial charge is 0.416 e. The third-order valence-corrected chi connectivity index (χ3v) is 4.62. The van der Waals surface area contributed by atoms with Crippen molar-refractivity contribution in [2.45, 2.75) is 31.2 Å². The second-order valence-electron chi connectivity index (χ2n) is 6.37. The van der Waals surface area contributed by atoms with Crippen LogP contribution in [0.1, 0.15) is 35.6 Å². The number of rotatable bonds is 3. The monoisotopic (exact) mass is 352 g/mol. The fourth-order valence-electron chi connectivity index (χ4n) is 3.36. The standard InChI is InChI=1S/C16H18F6N2/c17-15(18,19)11-3-4-13(16(20,21)22)12(9-11)14(10-1-2-10)24-7-5-23-6-8-24/h3-4,9-10,14,23H,1-2,5-8H2/t14-/m0/s1. The van der Waals surface area contributed by atoms with E-state index in [2.05, 4.69) is 5.32 Å². The van der Waals surface area contributed by atoms with Crippen LogP contribution in [0, 0.1) is 5.92 Å². The van der Waals surface area contributed by atoms with Crippen LogP contribution in [0.4, 0.5) is 26.3 Å². The first-order valence-corrected chi connectivity index (χ1v) is 7.91. The minimum Gasteiger partial charge on any atom is -0.314 e. The lowest BCUT2D eigenvalue weighted by molar-refractivity contribution is -0.142. The summed E-state index contributed by atoms with van der Waals surface area (Å²) in [5.41, 5.74) is -2.21. The summed E-state index contributed by atoms with van der Waals surface area (Å²) >= 11 is 0. The smallest absolute Gasteiger partial charge is 0.314 e. The highest BCUT2D eigenvalue weighted by atomic mass is 19.4. The number of hydrogen-bond acceptors (Lipinski definition) is 2. The zero-order chi connectivity index (χ0) is 17.5. The number of piperazine rings is 1. The van der Waals surface area contributed by atoms with Crippen molar-refractivity contribution in [1.82, 2.24) is 10.2 Å². The minimum atomic E-state index is -4.67. The molecule has 24 heavy (non-hydrogen) atoms. The molecule has 0 radical (unpaired) electrons. The van der Waals surface area contributed by atoms with E-state index in [-0.39, 0.29) is 11.5 Å². The molecule has 1 saturated heterocycles. The van der Waals surface area contributed by atoms with Gasteiger partial charge in [-0.1, -0.05) is 0 Å². The first-order chi connectivity index (χ1) is 11.2. The van der Waals surface area contributed by atoms with Gasteiger partial charge in [0.2, 0.25) is 0 Å². The van der Waals surface area contributed by atoms with Crippen LogP contribution in [-0.2, 0) is 12.4 Å². The lowest BCUT2D eigenvalue weighted by Crippen LogP contribution is -2.46. The third-order valence-electron chi connectivity index (χ3n) is 4.62. The Labute approximate surface area is 135 Å². The van der Waals surface area contributed by atoms with Gasteiger partial charge in [-0.15, -0.1) is 0 Å². The molecular weight excluding hydrogens is 334 g/mol. The molecule has 1 aromatic rings. The molecule has 134 valence electrons. The van der Waals surface area contributed by atoms with Gasteiger partial charge in [-0.3, -0.25) is 4.90 Å². The molecule has 1 aromatic carbocycles. The molecule has 1 saturated carbocycles. The van der Waals surface area contributed by atoms with Crippen LogP contribution in [0.15, 0.2) is 18.2 Å². The van der Waals surface area contributed by atoms with Crippen molar-refractivity contribution in [3.8, 4) is 0 Å². The van der Waals surface area contributed by atoms with Crippen LogP contribution >= 0.6 is 0 Å². The molecule has 1 N–H and O–H groups in total. The Morgan fingerprint density at radius 3 is 2.08 bits per heavy atom. The summed E-state index contributed by atoms with van der Waals surface area (Å²) in [4.78, 5) is 1.89. The summed E-state index contributed by atoms with van der Waals surface area (Å²) in [6.45, 7) is 2.33. The van der Waals surface area contributed by atoms with Crippen molar-refractivity contribution < 1.29 is 26.3 Å².